The Balaban J connectivity index is 1.71. The molecule has 1 fully saturated rings. The molecule has 0 radical (unpaired) electrons. The van der Waals surface area contributed by atoms with Gasteiger partial charge in [-0.25, -0.2) is 17.7 Å². The van der Waals surface area contributed by atoms with E-state index in [-0.39, 0.29) is 16.5 Å². The third-order valence-electron chi connectivity index (χ3n) is 5.50. The number of anilines is 1. The highest BCUT2D eigenvalue weighted by molar-refractivity contribution is 7.89. The lowest BCUT2D eigenvalue weighted by atomic mass is 10.1. The van der Waals surface area contributed by atoms with Crippen molar-refractivity contribution >= 4 is 21.6 Å². The fourth-order valence-corrected chi connectivity index (χ4v) is 4.33. The molecule has 4 rings (SSSR count). The van der Waals surface area contributed by atoms with Crippen LogP contribution in [0.1, 0.15) is 46.1 Å². The van der Waals surface area contributed by atoms with E-state index in [0.29, 0.717) is 17.3 Å². The van der Waals surface area contributed by atoms with E-state index in [2.05, 4.69) is 10.3 Å². The van der Waals surface area contributed by atoms with Crippen molar-refractivity contribution in [1.82, 2.24) is 9.29 Å². The topological polar surface area (TPSA) is 92.5 Å². The molecule has 1 aromatic heterocycles. The average Bonchev–Trinajstić information content (AvgIpc) is 3.49. The van der Waals surface area contributed by atoms with Gasteiger partial charge in [-0.2, -0.15) is 0 Å². The molecule has 0 atom stereocenters. The van der Waals surface area contributed by atoms with E-state index < -0.39 is 15.9 Å². The highest BCUT2D eigenvalue weighted by Crippen LogP contribution is 2.43. The van der Waals surface area contributed by atoms with Crippen LogP contribution in [-0.2, 0) is 10.0 Å². The van der Waals surface area contributed by atoms with E-state index in [1.807, 2.05) is 44.2 Å². The van der Waals surface area contributed by atoms with Gasteiger partial charge in [-0.05, 0) is 62.1 Å². The number of carbonyl (C=O) groups excluding carboxylic acids is 1. The number of carbonyl (C=O) groups is 1. The molecule has 1 aliphatic rings. The molecule has 0 bridgehead atoms. The van der Waals surface area contributed by atoms with Gasteiger partial charge in [-0.1, -0.05) is 18.2 Å². The Morgan fingerprint density at radius 3 is 2.42 bits per heavy atom. The van der Waals surface area contributed by atoms with E-state index in [1.165, 1.54) is 20.2 Å². The maximum Gasteiger partial charge on any atom is 0.277 e. The van der Waals surface area contributed by atoms with Crippen molar-refractivity contribution in [3.8, 4) is 11.5 Å². The second-order valence-electron chi connectivity index (χ2n) is 8.03. The maximum absolute atomic E-state index is 13.2. The lowest BCUT2D eigenvalue weighted by molar-refractivity contribution is 0.102. The van der Waals surface area contributed by atoms with Crippen LogP contribution in [0.15, 0.2) is 51.8 Å². The van der Waals surface area contributed by atoms with Crippen LogP contribution in [0.25, 0.3) is 11.5 Å². The van der Waals surface area contributed by atoms with Crippen LogP contribution in [0, 0.1) is 13.8 Å². The minimum absolute atomic E-state index is 0.128. The first-order valence-electron chi connectivity index (χ1n) is 10.1. The summed E-state index contributed by atoms with van der Waals surface area (Å²) in [5.41, 5.74) is 3.06. The summed E-state index contributed by atoms with van der Waals surface area (Å²) < 4.78 is 32.3. The Hall–Kier alpha value is -2.97. The standard InChI is InChI=1S/C23H25N3O4S/c1-14-12-18(31(28,29)26(3)4)13-19(15(14)2)24-22(27)20-21(16-10-11-16)30-23(25-20)17-8-6-5-7-9-17/h5-9,12-13,16H,10-11H2,1-4H3,(H,24,27). The summed E-state index contributed by atoms with van der Waals surface area (Å²) in [7, 11) is -0.680. The van der Waals surface area contributed by atoms with Crippen molar-refractivity contribution in [3.05, 3.63) is 65.0 Å². The molecule has 0 unspecified atom stereocenters. The minimum atomic E-state index is -3.63. The Morgan fingerprint density at radius 2 is 1.81 bits per heavy atom. The molecule has 1 heterocycles. The number of nitrogens with zero attached hydrogens (tertiary/aromatic N) is 2. The lowest BCUT2D eigenvalue weighted by Crippen LogP contribution is -2.23. The molecule has 1 aliphatic carbocycles. The van der Waals surface area contributed by atoms with Crippen LogP contribution >= 0.6 is 0 Å². The molecule has 0 spiro atoms. The molecule has 7 nitrogen and oxygen atoms in total. The maximum atomic E-state index is 13.2. The number of oxazole rings is 1. The zero-order valence-electron chi connectivity index (χ0n) is 18.0. The molecule has 3 aromatic rings. The summed E-state index contributed by atoms with van der Waals surface area (Å²) in [4.78, 5) is 17.8. The third kappa shape index (κ3) is 4.13. The van der Waals surface area contributed by atoms with Crippen LogP contribution in [0.4, 0.5) is 5.69 Å². The van der Waals surface area contributed by atoms with Crippen LogP contribution in [0.2, 0.25) is 0 Å². The molecule has 31 heavy (non-hydrogen) atoms. The van der Waals surface area contributed by atoms with Gasteiger partial charge in [0.15, 0.2) is 5.69 Å². The van der Waals surface area contributed by atoms with Gasteiger partial charge in [0.2, 0.25) is 15.9 Å². The number of sulfonamides is 1. The molecule has 1 amide bonds. The first-order valence-corrected chi connectivity index (χ1v) is 11.5. The van der Waals surface area contributed by atoms with E-state index in [1.54, 1.807) is 6.07 Å². The highest BCUT2D eigenvalue weighted by Gasteiger charge is 2.34. The Kier molecular flexibility index (Phi) is 5.45. The molecular weight excluding hydrogens is 414 g/mol. The normalized spacial score (nSPS) is 14.1. The summed E-state index contributed by atoms with van der Waals surface area (Å²) in [6.07, 6.45) is 1.91. The number of aromatic nitrogens is 1. The average molecular weight is 440 g/mol. The fraction of sp³-hybridized carbons (Fsp3) is 0.304. The number of hydrogen-bond donors (Lipinski definition) is 1. The Morgan fingerprint density at radius 1 is 1.13 bits per heavy atom. The van der Waals surface area contributed by atoms with Crippen molar-refractivity contribution in [3.63, 3.8) is 0 Å². The van der Waals surface area contributed by atoms with Crippen molar-refractivity contribution in [2.75, 3.05) is 19.4 Å². The molecule has 8 heteroatoms. The third-order valence-corrected chi connectivity index (χ3v) is 7.30. The van der Waals surface area contributed by atoms with Gasteiger partial charge in [-0.3, -0.25) is 4.79 Å². The van der Waals surface area contributed by atoms with Crippen LogP contribution < -0.4 is 5.32 Å². The largest absolute Gasteiger partial charge is 0.440 e. The first-order chi connectivity index (χ1) is 14.7. The van der Waals surface area contributed by atoms with Crippen molar-refractivity contribution in [2.45, 2.75) is 37.5 Å². The molecule has 1 saturated carbocycles. The molecule has 1 N–H and O–H groups in total. The van der Waals surface area contributed by atoms with Gasteiger partial charge in [0, 0.05) is 31.3 Å². The van der Waals surface area contributed by atoms with Crippen molar-refractivity contribution in [2.24, 2.45) is 0 Å². The van der Waals surface area contributed by atoms with Gasteiger partial charge in [0.1, 0.15) is 5.76 Å². The number of aryl methyl sites for hydroxylation is 1. The minimum Gasteiger partial charge on any atom is -0.440 e. The van der Waals surface area contributed by atoms with Crippen molar-refractivity contribution in [1.29, 1.82) is 0 Å². The smallest absolute Gasteiger partial charge is 0.277 e. The van der Waals surface area contributed by atoms with Gasteiger partial charge in [0.05, 0.1) is 4.90 Å². The number of hydrogen-bond acceptors (Lipinski definition) is 5. The number of rotatable bonds is 6. The number of nitrogens with one attached hydrogen (secondary N) is 1. The Bertz CT molecular complexity index is 1240. The van der Waals surface area contributed by atoms with Gasteiger partial charge < -0.3 is 9.73 Å². The summed E-state index contributed by atoms with van der Waals surface area (Å²) in [6.45, 7) is 3.66. The van der Waals surface area contributed by atoms with E-state index in [4.69, 9.17) is 4.42 Å². The quantitative estimate of drug-likeness (QED) is 0.617. The summed E-state index contributed by atoms with van der Waals surface area (Å²) in [6, 6.07) is 12.5. The molecular formula is C23H25N3O4S. The number of benzene rings is 2. The van der Waals surface area contributed by atoms with E-state index in [0.717, 1.165) is 33.8 Å². The molecule has 0 aliphatic heterocycles. The predicted molar refractivity (Wildman–Crippen MR) is 119 cm³/mol. The van der Waals surface area contributed by atoms with Crippen LogP contribution in [-0.4, -0.2) is 37.7 Å². The summed E-state index contributed by atoms with van der Waals surface area (Å²) in [5.74, 6) is 0.774. The van der Waals surface area contributed by atoms with Gasteiger partial charge in [0.25, 0.3) is 5.91 Å². The highest BCUT2D eigenvalue weighted by atomic mass is 32.2. The fourth-order valence-electron chi connectivity index (χ4n) is 3.32. The van der Waals surface area contributed by atoms with Gasteiger partial charge >= 0.3 is 0 Å². The van der Waals surface area contributed by atoms with Crippen LogP contribution in [0.3, 0.4) is 0 Å². The Labute approximate surface area is 182 Å². The van der Waals surface area contributed by atoms with E-state index >= 15 is 0 Å². The summed E-state index contributed by atoms with van der Waals surface area (Å²) in [5, 5.41) is 2.86. The first kappa shape index (κ1) is 21.3. The monoisotopic (exact) mass is 439 g/mol. The van der Waals surface area contributed by atoms with Crippen LogP contribution in [0.5, 0.6) is 0 Å². The van der Waals surface area contributed by atoms with Gasteiger partial charge in [-0.15, -0.1) is 0 Å². The molecule has 0 saturated heterocycles. The summed E-state index contributed by atoms with van der Waals surface area (Å²) >= 11 is 0. The molecule has 162 valence electrons. The SMILES string of the molecule is Cc1cc(S(=O)(=O)N(C)C)cc(NC(=O)c2nc(-c3ccccc3)oc2C2CC2)c1C. The van der Waals surface area contributed by atoms with E-state index in [9.17, 15) is 13.2 Å². The predicted octanol–water partition coefficient (Wildman–Crippen LogP) is 4.34. The second-order valence-corrected chi connectivity index (χ2v) is 10.2. The lowest BCUT2D eigenvalue weighted by Gasteiger charge is -2.16. The molecule has 2 aromatic carbocycles. The zero-order valence-corrected chi connectivity index (χ0v) is 18.8. The second kappa shape index (κ2) is 7.94. The zero-order chi connectivity index (χ0) is 22.3. The number of amides is 1. The van der Waals surface area contributed by atoms with Crippen molar-refractivity contribution < 1.29 is 17.6 Å².